The molecule has 7 nitrogen and oxygen atoms in total. The fourth-order valence-electron chi connectivity index (χ4n) is 6.84. The number of hydrogen-bond donors (Lipinski definition) is 1. The van der Waals surface area contributed by atoms with Crippen molar-refractivity contribution in [3.8, 4) is 0 Å². The second-order valence-corrected chi connectivity index (χ2v) is 13.0. The van der Waals surface area contributed by atoms with Crippen molar-refractivity contribution in [2.24, 2.45) is 11.8 Å². The van der Waals surface area contributed by atoms with E-state index < -0.39 is 22.6 Å². The highest BCUT2D eigenvalue weighted by atomic mass is 79.9. The summed E-state index contributed by atoms with van der Waals surface area (Å²) in [5.74, 6) is -1.47. The van der Waals surface area contributed by atoms with Gasteiger partial charge in [-0.2, -0.15) is 0 Å². The molecule has 4 aliphatic rings. The number of esters is 1. The molecule has 196 valence electrons. The molecule has 35 heavy (non-hydrogen) atoms. The molecule has 4 rings (SSSR count). The molecule has 3 heterocycles. The van der Waals surface area contributed by atoms with Gasteiger partial charge < -0.3 is 19.6 Å². The van der Waals surface area contributed by atoms with Crippen molar-refractivity contribution in [1.82, 2.24) is 9.80 Å². The zero-order valence-corrected chi connectivity index (χ0v) is 23.1. The Morgan fingerprint density at radius 2 is 2.03 bits per heavy atom. The first-order valence-electron chi connectivity index (χ1n) is 13.2. The van der Waals surface area contributed by atoms with Crippen molar-refractivity contribution in [2.45, 2.75) is 91.6 Å². The highest BCUT2D eigenvalue weighted by molar-refractivity contribution is 9.09. The highest BCUT2D eigenvalue weighted by Crippen LogP contribution is 2.68. The fraction of sp³-hybridized carbons (Fsp3) is 0.808. The summed E-state index contributed by atoms with van der Waals surface area (Å²) in [6.45, 7) is 7.03. The Hall–Kier alpha value is -1.06. The summed E-state index contributed by atoms with van der Waals surface area (Å²) in [7, 11) is 0. The molecule has 9 heteroatoms. The molecule has 3 aliphatic heterocycles. The number of nitrogens with zero attached hydrogens (tertiary/aromatic N) is 2. The Bertz CT molecular complexity index is 822. The minimum Gasteiger partial charge on any atom is -0.466 e. The Kier molecular flexibility index (Phi) is 8.91. The minimum atomic E-state index is -0.629. The quantitative estimate of drug-likeness (QED) is 0.177. The Morgan fingerprint density at radius 1 is 1.29 bits per heavy atom. The van der Waals surface area contributed by atoms with E-state index in [4.69, 9.17) is 4.74 Å². The SMILES string of the molecule is C=CCN(C(=O)C1N(CCCCCO)C(=O)[C@@H]2[C@@H](C(=O)OCC)[C@@H]3SC12CC3Br)C1CCCCC1. The van der Waals surface area contributed by atoms with Crippen LogP contribution in [-0.4, -0.2) is 85.9 Å². The van der Waals surface area contributed by atoms with Crippen LogP contribution < -0.4 is 0 Å². The molecular weight excluding hydrogens is 532 g/mol. The molecule has 3 saturated heterocycles. The zero-order valence-electron chi connectivity index (χ0n) is 20.7. The molecule has 0 aromatic carbocycles. The van der Waals surface area contributed by atoms with Gasteiger partial charge in [-0.3, -0.25) is 14.4 Å². The lowest BCUT2D eigenvalue weighted by Crippen LogP contribution is -2.57. The van der Waals surface area contributed by atoms with Gasteiger partial charge in [-0.25, -0.2) is 0 Å². The summed E-state index contributed by atoms with van der Waals surface area (Å²) in [6.07, 6.45) is 10.0. The third-order valence-corrected chi connectivity index (χ3v) is 11.5. The van der Waals surface area contributed by atoms with E-state index in [0.29, 0.717) is 25.9 Å². The number of carbonyl (C=O) groups excluding carboxylic acids is 3. The second kappa shape index (κ2) is 11.5. The minimum absolute atomic E-state index is 0.00664. The van der Waals surface area contributed by atoms with Gasteiger partial charge in [0.05, 0.1) is 23.2 Å². The van der Waals surface area contributed by atoms with Crippen molar-refractivity contribution in [2.75, 3.05) is 26.3 Å². The summed E-state index contributed by atoms with van der Waals surface area (Å²) in [6, 6.07) is -0.425. The zero-order chi connectivity index (χ0) is 25.2. The number of unbranched alkanes of at least 4 members (excludes halogenated alkanes) is 2. The fourth-order valence-corrected chi connectivity index (χ4v) is 10.4. The van der Waals surface area contributed by atoms with Crippen LogP contribution in [0.25, 0.3) is 0 Å². The third-order valence-electron chi connectivity index (χ3n) is 8.26. The molecule has 2 bridgehead atoms. The van der Waals surface area contributed by atoms with Gasteiger partial charge in [0.25, 0.3) is 0 Å². The van der Waals surface area contributed by atoms with Gasteiger partial charge in [0, 0.05) is 35.8 Å². The van der Waals surface area contributed by atoms with Crippen molar-refractivity contribution in [3.63, 3.8) is 0 Å². The normalized spacial score (nSPS) is 34.2. The maximum Gasteiger partial charge on any atom is 0.310 e. The van der Waals surface area contributed by atoms with Crippen LogP contribution in [0, 0.1) is 11.8 Å². The summed E-state index contributed by atoms with van der Waals surface area (Å²) in [5, 5.41) is 9.14. The Balaban J connectivity index is 1.70. The molecule has 3 unspecified atom stereocenters. The van der Waals surface area contributed by atoms with Gasteiger partial charge in [0.2, 0.25) is 11.8 Å². The molecular formula is C26H39BrN2O5S. The number of halogens is 1. The van der Waals surface area contributed by atoms with Crippen LogP contribution in [0.2, 0.25) is 0 Å². The van der Waals surface area contributed by atoms with Crippen LogP contribution in [0.5, 0.6) is 0 Å². The van der Waals surface area contributed by atoms with E-state index in [1.54, 1.807) is 29.7 Å². The number of aliphatic hydroxyl groups excluding tert-OH is 1. The highest BCUT2D eigenvalue weighted by Gasteiger charge is 2.76. The number of alkyl halides is 1. The third kappa shape index (κ3) is 4.81. The van der Waals surface area contributed by atoms with E-state index in [-0.39, 0.29) is 47.1 Å². The maximum absolute atomic E-state index is 14.4. The standard InChI is InChI=1S/C26H39BrN2O5S/c1-3-13-28(17-11-7-5-8-12-17)24(32)22-26-16-18(27)21(35-26)19(25(33)34-4-2)20(26)23(31)29(22)14-9-6-10-15-30/h3,17-22,30H,1,4-16H2,2H3/t18?,19-,20+,21-,22?,26?/m1/s1. The van der Waals surface area contributed by atoms with Gasteiger partial charge in [-0.1, -0.05) is 41.3 Å². The number of fused-ring (bicyclic) bond motifs is 1. The van der Waals surface area contributed by atoms with Crippen LogP contribution in [-0.2, 0) is 19.1 Å². The maximum atomic E-state index is 14.4. The number of hydrogen-bond acceptors (Lipinski definition) is 6. The van der Waals surface area contributed by atoms with Crippen molar-refractivity contribution < 1.29 is 24.2 Å². The molecule has 4 fully saturated rings. The van der Waals surface area contributed by atoms with Gasteiger partial charge in [-0.15, -0.1) is 18.3 Å². The first kappa shape index (κ1) is 27.0. The average molecular weight is 572 g/mol. The van der Waals surface area contributed by atoms with E-state index in [0.717, 1.165) is 38.5 Å². The molecule has 1 saturated carbocycles. The van der Waals surface area contributed by atoms with Gasteiger partial charge in [0.15, 0.2) is 0 Å². The lowest BCUT2D eigenvalue weighted by atomic mass is 9.71. The van der Waals surface area contributed by atoms with Crippen LogP contribution in [0.3, 0.4) is 0 Å². The molecule has 2 amide bonds. The first-order valence-corrected chi connectivity index (χ1v) is 15.0. The van der Waals surface area contributed by atoms with Gasteiger partial charge in [-0.05, 0) is 45.4 Å². The summed E-state index contributed by atoms with van der Waals surface area (Å²) >= 11 is 5.46. The van der Waals surface area contributed by atoms with Crippen LogP contribution in [0.15, 0.2) is 12.7 Å². The number of amides is 2. The Labute approximate surface area is 221 Å². The van der Waals surface area contributed by atoms with Crippen molar-refractivity contribution >= 4 is 45.5 Å². The first-order chi connectivity index (χ1) is 16.9. The molecule has 1 N–H and O–H groups in total. The van der Waals surface area contributed by atoms with Gasteiger partial charge >= 0.3 is 5.97 Å². The lowest BCUT2D eigenvalue weighted by molar-refractivity contribution is -0.153. The molecule has 0 aromatic heterocycles. The lowest BCUT2D eigenvalue weighted by Gasteiger charge is -2.41. The molecule has 0 radical (unpaired) electrons. The van der Waals surface area contributed by atoms with Crippen molar-refractivity contribution in [3.05, 3.63) is 12.7 Å². The average Bonchev–Trinajstić information content (AvgIpc) is 3.44. The monoisotopic (exact) mass is 570 g/mol. The van der Waals surface area contributed by atoms with Crippen LogP contribution in [0.4, 0.5) is 0 Å². The van der Waals surface area contributed by atoms with Gasteiger partial charge in [0.1, 0.15) is 6.04 Å². The number of rotatable bonds is 11. The van der Waals surface area contributed by atoms with E-state index in [9.17, 15) is 19.5 Å². The summed E-state index contributed by atoms with van der Waals surface area (Å²) < 4.78 is 4.80. The molecule has 1 spiro atoms. The topological polar surface area (TPSA) is 87.2 Å². The number of thioether (sulfide) groups is 1. The predicted octanol–water partition coefficient (Wildman–Crippen LogP) is 3.52. The molecule has 6 atom stereocenters. The number of aliphatic hydroxyl groups is 1. The van der Waals surface area contributed by atoms with Crippen LogP contribution in [0.1, 0.15) is 64.7 Å². The largest absolute Gasteiger partial charge is 0.466 e. The number of carbonyl (C=O) groups is 3. The van der Waals surface area contributed by atoms with Crippen LogP contribution >= 0.6 is 27.7 Å². The predicted molar refractivity (Wildman–Crippen MR) is 140 cm³/mol. The van der Waals surface area contributed by atoms with Crippen molar-refractivity contribution in [1.29, 1.82) is 0 Å². The summed E-state index contributed by atoms with van der Waals surface area (Å²) in [4.78, 5) is 45.3. The van der Waals surface area contributed by atoms with E-state index in [1.807, 2.05) is 4.90 Å². The van der Waals surface area contributed by atoms with E-state index in [1.165, 1.54) is 6.42 Å². The van der Waals surface area contributed by atoms with E-state index >= 15 is 0 Å². The summed E-state index contributed by atoms with van der Waals surface area (Å²) in [5.41, 5.74) is 0. The Morgan fingerprint density at radius 3 is 2.69 bits per heavy atom. The number of likely N-dealkylation sites (tertiary alicyclic amines) is 1. The second-order valence-electron chi connectivity index (χ2n) is 10.3. The number of ether oxygens (including phenoxy) is 1. The smallest absolute Gasteiger partial charge is 0.310 e. The molecule has 1 aliphatic carbocycles. The molecule has 0 aromatic rings. The van der Waals surface area contributed by atoms with E-state index in [2.05, 4.69) is 22.5 Å².